The van der Waals surface area contributed by atoms with Crippen LogP contribution in [0.2, 0.25) is 0 Å². The number of phenols is 1. The first-order chi connectivity index (χ1) is 12.2. The fourth-order valence-corrected chi connectivity index (χ4v) is 2.50. The number of halogens is 2. The van der Waals surface area contributed by atoms with E-state index >= 15 is 0 Å². The minimum Gasteiger partial charge on any atom is -0.508 e. The van der Waals surface area contributed by atoms with E-state index in [-0.39, 0.29) is 35.5 Å². The third-order valence-corrected chi connectivity index (χ3v) is 3.82. The lowest BCUT2D eigenvalue weighted by molar-refractivity contribution is 0.475. The molecule has 142 valence electrons. The molecule has 2 aromatic rings. The Kier molecular flexibility index (Phi) is 10.7. The summed E-state index contributed by atoms with van der Waals surface area (Å²) in [7, 11) is 0. The van der Waals surface area contributed by atoms with Gasteiger partial charge in [0.15, 0.2) is 5.96 Å². The van der Waals surface area contributed by atoms with Gasteiger partial charge in [-0.3, -0.25) is 4.99 Å². The van der Waals surface area contributed by atoms with Crippen molar-refractivity contribution in [2.75, 3.05) is 19.6 Å². The van der Waals surface area contributed by atoms with E-state index < -0.39 is 0 Å². The number of guanidine groups is 1. The molecular formula is C20H27FIN3O. The summed E-state index contributed by atoms with van der Waals surface area (Å²) in [5, 5.41) is 15.7. The van der Waals surface area contributed by atoms with Crippen LogP contribution in [0.5, 0.6) is 5.75 Å². The van der Waals surface area contributed by atoms with E-state index in [1.165, 1.54) is 11.6 Å². The van der Waals surface area contributed by atoms with Crippen molar-refractivity contribution < 1.29 is 9.50 Å². The van der Waals surface area contributed by atoms with Crippen molar-refractivity contribution in [3.8, 4) is 5.75 Å². The van der Waals surface area contributed by atoms with E-state index in [0.717, 1.165) is 25.3 Å². The molecule has 0 radical (unpaired) electrons. The van der Waals surface area contributed by atoms with Gasteiger partial charge in [0, 0.05) is 19.6 Å². The van der Waals surface area contributed by atoms with Gasteiger partial charge < -0.3 is 15.7 Å². The topological polar surface area (TPSA) is 56.7 Å². The molecule has 0 fully saturated rings. The maximum absolute atomic E-state index is 13.6. The highest BCUT2D eigenvalue weighted by molar-refractivity contribution is 14.0. The van der Waals surface area contributed by atoms with Gasteiger partial charge in [-0.05, 0) is 55.5 Å². The Hall–Kier alpha value is -1.83. The molecule has 0 aliphatic carbocycles. The van der Waals surface area contributed by atoms with Crippen molar-refractivity contribution >= 4 is 29.9 Å². The molecule has 0 heterocycles. The number of aliphatic imine (C=N–C) groups is 1. The molecule has 0 unspecified atom stereocenters. The number of nitrogens with one attached hydrogen (secondary N) is 2. The number of benzene rings is 2. The van der Waals surface area contributed by atoms with Gasteiger partial charge in [-0.15, -0.1) is 24.0 Å². The Labute approximate surface area is 172 Å². The van der Waals surface area contributed by atoms with Gasteiger partial charge >= 0.3 is 0 Å². The zero-order chi connectivity index (χ0) is 17.9. The molecule has 0 amide bonds. The molecule has 0 bridgehead atoms. The van der Waals surface area contributed by atoms with Crippen LogP contribution < -0.4 is 10.6 Å². The van der Waals surface area contributed by atoms with E-state index in [1.807, 2.05) is 25.1 Å². The molecular weight excluding hydrogens is 444 g/mol. The molecule has 3 N–H and O–H groups in total. The summed E-state index contributed by atoms with van der Waals surface area (Å²) in [6, 6.07) is 14.1. The van der Waals surface area contributed by atoms with Crippen molar-refractivity contribution in [1.29, 1.82) is 0 Å². The van der Waals surface area contributed by atoms with Crippen molar-refractivity contribution in [1.82, 2.24) is 10.6 Å². The first-order valence-electron chi connectivity index (χ1n) is 8.72. The Bertz CT molecular complexity index is 677. The molecule has 0 aliphatic heterocycles. The summed E-state index contributed by atoms with van der Waals surface area (Å²) in [5.41, 5.74) is 1.89. The summed E-state index contributed by atoms with van der Waals surface area (Å²) < 4.78 is 13.6. The average molecular weight is 471 g/mol. The summed E-state index contributed by atoms with van der Waals surface area (Å²) in [6.45, 7) is 4.13. The largest absolute Gasteiger partial charge is 0.508 e. The standard InChI is InChI=1S/C20H26FN3O.HI/c1-2-22-20(24-15-13-17-7-3-4-8-19(17)21)23-14-5-6-16-9-11-18(25)12-10-16;/h3-4,7-12,25H,2,5-6,13-15H2,1H3,(H2,22,23,24);1H. The fraction of sp³-hybridized carbons (Fsp3) is 0.350. The van der Waals surface area contributed by atoms with E-state index in [1.54, 1.807) is 24.3 Å². The Morgan fingerprint density at radius 1 is 1.04 bits per heavy atom. The summed E-state index contributed by atoms with van der Waals surface area (Å²) in [4.78, 5) is 4.55. The van der Waals surface area contributed by atoms with Crippen molar-refractivity contribution in [2.45, 2.75) is 26.2 Å². The second kappa shape index (κ2) is 12.5. The van der Waals surface area contributed by atoms with Crippen molar-refractivity contribution in [2.24, 2.45) is 4.99 Å². The van der Waals surface area contributed by atoms with Gasteiger partial charge in [0.2, 0.25) is 0 Å². The SMILES string of the molecule is CCNC(=NCCCc1ccc(O)cc1)NCCc1ccccc1F.I. The van der Waals surface area contributed by atoms with Crippen LogP contribution in [0, 0.1) is 5.82 Å². The molecule has 2 aromatic carbocycles. The van der Waals surface area contributed by atoms with E-state index in [9.17, 15) is 9.50 Å². The Morgan fingerprint density at radius 3 is 2.46 bits per heavy atom. The number of aromatic hydroxyl groups is 1. The molecule has 4 nitrogen and oxygen atoms in total. The fourth-order valence-electron chi connectivity index (χ4n) is 2.50. The molecule has 0 aliphatic rings. The molecule has 0 aromatic heterocycles. The van der Waals surface area contributed by atoms with Gasteiger partial charge in [-0.1, -0.05) is 30.3 Å². The number of hydrogen-bond acceptors (Lipinski definition) is 2. The third-order valence-electron chi connectivity index (χ3n) is 3.82. The number of hydrogen-bond donors (Lipinski definition) is 3. The molecule has 0 saturated heterocycles. The lowest BCUT2D eigenvalue weighted by atomic mass is 10.1. The van der Waals surface area contributed by atoms with Crippen LogP contribution in [0.15, 0.2) is 53.5 Å². The van der Waals surface area contributed by atoms with Gasteiger partial charge in [0.25, 0.3) is 0 Å². The monoisotopic (exact) mass is 471 g/mol. The predicted octanol–water partition coefficient (Wildman–Crippen LogP) is 3.88. The predicted molar refractivity (Wildman–Crippen MR) is 116 cm³/mol. The normalized spacial score (nSPS) is 10.9. The number of rotatable bonds is 8. The highest BCUT2D eigenvalue weighted by Crippen LogP contribution is 2.11. The Balaban J connectivity index is 0.00000338. The first-order valence-corrected chi connectivity index (χ1v) is 8.72. The minimum absolute atomic E-state index is 0. The first kappa shape index (κ1) is 22.2. The van der Waals surface area contributed by atoms with Crippen LogP contribution in [0.1, 0.15) is 24.5 Å². The van der Waals surface area contributed by atoms with Gasteiger partial charge in [-0.2, -0.15) is 0 Å². The number of aryl methyl sites for hydroxylation is 1. The van der Waals surface area contributed by atoms with Crippen LogP contribution in [-0.2, 0) is 12.8 Å². The van der Waals surface area contributed by atoms with Crippen LogP contribution in [0.3, 0.4) is 0 Å². The third kappa shape index (κ3) is 8.03. The molecule has 2 rings (SSSR count). The second-order valence-corrected chi connectivity index (χ2v) is 5.80. The summed E-state index contributed by atoms with van der Waals surface area (Å²) in [5.74, 6) is 0.875. The zero-order valence-corrected chi connectivity index (χ0v) is 17.4. The van der Waals surface area contributed by atoms with Crippen molar-refractivity contribution in [3.05, 3.63) is 65.5 Å². The average Bonchev–Trinajstić information content (AvgIpc) is 2.62. The van der Waals surface area contributed by atoms with Crippen LogP contribution in [0.4, 0.5) is 4.39 Å². The number of nitrogens with zero attached hydrogens (tertiary/aromatic N) is 1. The second-order valence-electron chi connectivity index (χ2n) is 5.80. The molecule has 26 heavy (non-hydrogen) atoms. The van der Waals surface area contributed by atoms with Crippen LogP contribution in [0.25, 0.3) is 0 Å². The molecule has 0 spiro atoms. The minimum atomic E-state index is -0.167. The maximum Gasteiger partial charge on any atom is 0.191 e. The van der Waals surface area contributed by atoms with E-state index in [2.05, 4.69) is 15.6 Å². The van der Waals surface area contributed by atoms with Gasteiger partial charge in [0.1, 0.15) is 11.6 Å². The van der Waals surface area contributed by atoms with E-state index in [0.29, 0.717) is 25.1 Å². The molecule has 0 atom stereocenters. The van der Waals surface area contributed by atoms with Crippen molar-refractivity contribution in [3.63, 3.8) is 0 Å². The van der Waals surface area contributed by atoms with Gasteiger partial charge in [0.05, 0.1) is 0 Å². The van der Waals surface area contributed by atoms with E-state index in [4.69, 9.17) is 0 Å². The maximum atomic E-state index is 13.6. The molecule has 6 heteroatoms. The lowest BCUT2D eigenvalue weighted by Gasteiger charge is -2.11. The summed E-state index contributed by atoms with van der Waals surface area (Å²) in [6.07, 6.45) is 2.46. The zero-order valence-electron chi connectivity index (χ0n) is 15.0. The number of phenolic OH excluding ortho intramolecular Hbond substituents is 1. The Morgan fingerprint density at radius 2 is 1.77 bits per heavy atom. The molecule has 0 saturated carbocycles. The van der Waals surface area contributed by atoms with Crippen LogP contribution in [-0.4, -0.2) is 30.7 Å². The van der Waals surface area contributed by atoms with Gasteiger partial charge in [-0.25, -0.2) is 4.39 Å². The highest BCUT2D eigenvalue weighted by atomic mass is 127. The summed E-state index contributed by atoms with van der Waals surface area (Å²) >= 11 is 0. The lowest BCUT2D eigenvalue weighted by Crippen LogP contribution is -2.38. The van der Waals surface area contributed by atoms with Crippen LogP contribution >= 0.6 is 24.0 Å². The highest BCUT2D eigenvalue weighted by Gasteiger charge is 2.02. The quantitative estimate of drug-likeness (QED) is 0.237. The smallest absolute Gasteiger partial charge is 0.191 e.